The van der Waals surface area contributed by atoms with Gasteiger partial charge in [0.1, 0.15) is 17.0 Å². The van der Waals surface area contributed by atoms with E-state index in [1.165, 1.54) is 11.3 Å². The van der Waals surface area contributed by atoms with E-state index in [9.17, 15) is 4.79 Å². The molecule has 3 aromatic heterocycles. The summed E-state index contributed by atoms with van der Waals surface area (Å²) in [5.74, 6) is 1.33. The second-order valence-corrected chi connectivity index (χ2v) is 8.11. The molecule has 31 heavy (non-hydrogen) atoms. The summed E-state index contributed by atoms with van der Waals surface area (Å²) in [6, 6.07) is 11.5. The van der Waals surface area contributed by atoms with E-state index in [1.54, 1.807) is 17.9 Å². The van der Waals surface area contributed by atoms with Gasteiger partial charge in [0.05, 0.1) is 37.9 Å². The number of benzene rings is 1. The van der Waals surface area contributed by atoms with E-state index < -0.39 is 0 Å². The Balaban J connectivity index is 1.67. The molecule has 8 nitrogen and oxygen atoms in total. The Morgan fingerprint density at radius 1 is 1.16 bits per heavy atom. The molecule has 0 bridgehead atoms. The van der Waals surface area contributed by atoms with Crippen LogP contribution in [0.15, 0.2) is 52.8 Å². The maximum absolute atomic E-state index is 13.5. The number of anilines is 1. The van der Waals surface area contributed by atoms with Crippen molar-refractivity contribution < 1.29 is 9.47 Å². The summed E-state index contributed by atoms with van der Waals surface area (Å²) in [6.07, 6.45) is 1.70. The first-order chi connectivity index (χ1) is 15.2. The molecule has 0 unspecified atom stereocenters. The van der Waals surface area contributed by atoms with Gasteiger partial charge in [0.2, 0.25) is 5.95 Å². The van der Waals surface area contributed by atoms with Crippen LogP contribution in [0.1, 0.15) is 5.56 Å². The lowest BCUT2D eigenvalue weighted by Crippen LogP contribution is -2.37. The quantitative estimate of drug-likeness (QED) is 0.477. The summed E-state index contributed by atoms with van der Waals surface area (Å²) < 4.78 is 12.5. The summed E-state index contributed by atoms with van der Waals surface area (Å²) >= 11 is 1.49. The van der Waals surface area contributed by atoms with Gasteiger partial charge in [0, 0.05) is 13.1 Å². The minimum atomic E-state index is -0.176. The van der Waals surface area contributed by atoms with Crippen molar-refractivity contribution in [1.29, 1.82) is 0 Å². The topological polar surface area (TPSA) is 82.4 Å². The predicted molar refractivity (Wildman–Crippen MR) is 120 cm³/mol. The summed E-state index contributed by atoms with van der Waals surface area (Å²) in [5.41, 5.74) is 2.28. The summed E-state index contributed by atoms with van der Waals surface area (Å²) in [6.45, 7) is 3.05. The van der Waals surface area contributed by atoms with Crippen LogP contribution in [-0.4, -0.2) is 52.9 Å². The first-order valence-corrected chi connectivity index (χ1v) is 10.9. The van der Waals surface area contributed by atoms with Crippen molar-refractivity contribution in [2.24, 2.45) is 0 Å². The molecule has 1 aromatic carbocycles. The van der Waals surface area contributed by atoms with E-state index in [1.807, 2.05) is 41.8 Å². The van der Waals surface area contributed by atoms with Gasteiger partial charge in [-0.2, -0.15) is 4.98 Å². The maximum atomic E-state index is 13.5. The first kappa shape index (κ1) is 19.7. The first-order valence-electron chi connectivity index (χ1n) is 10.00. The van der Waals surface area contributed by atoms with Crippen LogP contribution in [0.2, 0.25) is 0 Å². The largest absolute Gasteiger partial charge is 0.497 e. The van der Waals surface area contributed by atoms with Crippen molar-refractivity contribution >= 4 is 28.4 Å². The highest BCUT2D eigenvalue weighted by Gasteiger charge is 2.19. The number of fused-ring (bicyclic) bond motifs is 1. The van der Waals surface area contributed by atoms with Gasteiger partial charge >= 0.3 is 0 Å². The lowest BCUT2D eigenvalue weighted by molar-refractivity contribution is 0.122. The zero-order valence-electron chi connectivity index (χ0n) is 17.0. The fraction of sp³-hybridized carbons (Fsp3) is 0.273. The molecule has 1 saturated heterocycles. The molecule has 1 aliphatic heterocycles. The maximum Gasteiger partial charge on any atom is 0.279 e. The molecular weight excluding hydrogens is 414 g/mol. The Morgan fingerprint density at radius 2 is 2.03 bits per heavy atom. The van der Waals surface area contributed by atoms with Gasteiger partial charge in [0.25, 0.3) is 5.56 Å². The van der Waals surface area contributed by atoms with Crippen molar-refractivity contribution in [1.82, 2.24) is 19.5 Å². The SMILES string of the molecule is COc1cccc(Cn2c(=O)c(-c3cccs3)nc3cnc(N4CCOCC4)nc32)c1. The Morgan fingerprint density at radius 3 is 2.81 bits per heavy atom. The van der Waals surface area contributed by atoms with E-state index in [0.29, 0.717) is 55.7 Å². The van der Waals surface area contributed by atoms with Crippen molar-refractivity contribution in [2.45, 2.75) is 6.54 Å². The van der Waals surface area contributed by atoms with E-state index in [4.69, 9.17) is 14.5 Å². The molecule has 0 atom stereocenters. The van der Waals surface area contributed by atoms with Gasteiger partial charge in [-0.1, -0.05) is 18.2 Å². The fourth-order valence-electron chi connectivity index (χ4n) is 3.62. The number of thiophene rings is 1. The van der Waals surface area contributed by atoms with Gasteiger partial charge in [-0.15, -0.1) is 11.3 Å². The third kappa shape index (κ3) is 3.89. The third-order valence-corrected chi connectivity index (χ3v) is 6.07. The Kier molecular flexibility index (Phi) is 5.35. The lowest BCUT2D eigenvalue weighted by atomic mass is 10.2. The van der Waals surface area contributed by atoms with Gasteiger partial charge in [-0.05, 0) is 29.1 Å². The monoisotopic (exact) mass is 435 g/mol. The predicted octanol–water partition coefficient (Wildman–Crippen LogP) is 2.81. The smallest absolute Gasteiger partial charge is 0.279 e. The number of aromatic nitrogens is 4. The van der Waals surface area contributed by atoms with Gasteiger partial charge in [0.15, 0.2) is 5.65 Å². The Hall–Kier alpha value is -3.30. The minimum Gasteiger partial charge on any atom is -0.497 e. The highest BCUT2D eigenvalue weighted by Crippen LogP contribution is 2.23. The highest BCUT2D eigenvalue weighted by molar-refractivity contribution is 7.13. The summed E-state index contributed by atoms with van der Waals surface area (Å²) in [4.78, 5) is 30.3. The molecule has 0 saturated carbocycles. The molecule has 4 aromatic rings. The molecule has 0 spiro atoms. The number of methoxy groups -OCH3 is 1. The van der Waals surface area contributed by atoms with Crippen LogP contribution in [-0.2, 0) is 11.3 Å². The lowest BCUT2D eigenvalue weighted by Gasteiger charge is -2.26. The highest BCUT2D eigenvalue weighted by atomic mass is 32.1. The van der Waals surface area contributed by atoms with Crippen molar-refractivity contribution in [3.05, 3.63) is 63.9 Å². The Labute approximate surface area is 182 Å². The van der Waals surface area contributed by atoms with Crippen LogP contribution < -0.4 is 15.2 Å². The van der Waals surface area contributed by atoms with Crippen LogP contribution in [0.5, 0.6) is 5.75 Å². The fourth-order valence-corrected chi connectivity index (χ4v) is 4.32. The number of nitrogens with zero attached hydrogens (tertiary/aromatic N) is 5. The molecule has 9 heteroatoms. The summed E-state index contributed by atoms with van der Waals surface area (Å²) in [5, 5.41) is 1.94. The molecule has 0 aliphatic carbocycles. The third-order valence-electron chi connectivity index (χ3n) is 5.20. The van der Waals surface area contributed by atoms with E-state index >= 15 is 0 Å². The van der Waals surface area contributed by atoms with Crippen LogP contribution in [0.3, 0.4) is 0 Å². The van der Waals surface area contributed by atoms with E-state index in [2.05, 4.69) is 14.9 Å². The minimum absolute atomic E-state index is 0.176. The second-order valence-electron chi connectivity index (χ2n) is 7.16. The van der Waals surface area contributed by atoms with E-state index in [-0.39, 0.29) is 5.56 Å². The number of rotatable bonds is 5. The van der Waals surface area contributed by atoms with Crippen LogP contribution in [0.25, 0.3) is 21.7 Å². The van der Waals surface area contributed by atoms with E-state index in [0.717, 1.165) is 16.2 Å². The van der Waals surface area contributed by atoms with Crippen molar-refractivity contribution in [3.8, 4) is 16.3 Å². The summed E-state index contributed by atoms with van der Waals surface area (Å²) in [7, 11) is 1.63. The zero-order chi connectivity index (χ0) is 21.2. The number of hydrogen-bond donors (Lipinski definition) is 0. The average molecular weight is 436 g/mol. The van der Waals surface area contributed by atoms with Crippen molar-refractivity contribution in [3.63, 3.8) is 0 Å². The van der Waals surface area contributed by atoms with Gasteiger partial charge < -0.3 is 14.4 Å². The van der Waals surface area contributed by atoms with Gasteiger partial charge in [-0.3, -0.25) is 9.36 Å². The molecule has 0 radical (unpaired) electrons. The Bertz CT molecular complexity index is 1270. The molecular formula is C22H21N5O3S. The number of hydrogen-bond acceptors (Lipinski definition) is 8. The average Bonchev–Trinajstić information content (AvgIpc) is 3.36. The van der Waals surface area contributed by atoms with Gasteiger partial charge in [-0.25, -0.2) is 9.97 Å². The number of morpholine rings is 1. The molecule has 4 heterocycles. The van der Waals surface area contributed by atoms with Crippen LogP contribution >= 0.6 is 11.3 Å². The molecule has 1 aliphatic rings. The molecule has 5 rings (SSSR count). The van der Waals surface area contributed by atoms with Crippen molar-refractivity contribution in [2.75, 3.05) is 38.3 Å². The van der Waals surface area contributed by atoms with Crippen LogP contribution in [0.4, 0.5) is 5.95 Å². The molecule has 0 amide bonds. The second kappa shape index (κ2) is 8.44. The standard InChI is InChI=1S/C22H21N5O3S/c1-29-16-5-2-4-15(12-16)14-27-20-17(24-19(21(27)28)18-6-3-11-31-18)13-23-22(25-20)26-7-9-30-10-8-26/h2-6,11-13H,7-10,14H2,1H3. The normalized spacial score (nSPS) is 14.2. The van der Waals surface area contributed by atoms with Crippen LogP contribution in [0, 0.1) is 0 Å². The number of ether oxygens (including phenoxy) is 2. The molecule has 158 valence electrons. The zero-order valence-corrected chi connectivity index (χ0v) is 17.8. The molecule has 1 fully saturated rings. The molecule has 0 N–H and O–H groups in total.